The first-order valence-electron chi connectivity index (χ1n) is 10.5. The van der Waals surface area contributed by atoms with E-state index in [1.54, 1.807) is 24.4 Å². The van der Waals surface area contributed by atoms with Gasteiger partial charge in [0.1, 0.15) is 0 Å². The second-order valence-electron chi connectivity index (χ2n) is 7.12. The summed E-state index contributed by atoms with van der Waals surface area (Å²) in [5, 5.41) is 6.52. The summed E-state index contributed by atoms with van der Waals surface area (Å²) in [5.41, 5.74) is 4.86. The summed E-state index contributed by atoms with van der Waals surface area (Å²) in [4.78, 5) is 26.5. The van der Waals surface area contributed by atoms with Crippen LogP contribution in [-0.4, -0.2) is 44.5 Å². The van der Waals surface area contributed by atoms with Crippen LogP contribution in [0.25, 0.3) is 0 Å². The maximum Gasteiger partial charge on any atom is 0.259 e. The topological polar surface area (TPSA) is 92.3 Å². The Kier molecular flexibility index (Phi) is 7.86. The van der Waals surface area contributed by atoms with Gasteiger partial charge < -0.3 is 19.7 Å². The Bertz CT molecular complexity index is 922. The van der Waals surface area contributed by atoms with Crippen molar-refractivity contribution in [3.05, 3.63) is 53.6 Å². The molecule has 0 bridgehead atoms. The number of hydrogen-bond acceptors (Lipinski definition) is 6. The Balaban J connectivity index is 1.45. The fourth-order valence-electron chi connectivity index (χ4n) is 3.20. The van der Waals surface area contributed by atoms with Crippen molar-refractivity contribution >= 4 is 23.7 Å². The number of carbonyl (C=O) groups is 2. The summed E-state index contributed by atoms with van der Waals surface area (Å²) in [6, 6.07) is 12.9. The average molecular weight is 425 g/mol. The molecule has 2 amide bonds. The summed E-state index contributed by atoms with van der Waals surface area (Å²) >= 11 is 0. The molecule has 0 saturated carbocycles. The molecule has 0 aromatic heterocycles. The monoisotopic (exact) mass is 424 g/mol. The molecule has 0 unspecified atom stereocenters. The predicted octanol–water partition coefficient (Wildman–Crippen LogP) is 2.92. The van der Waals surface area contributed by atoms with Crippen LogP contribution in [0.1, 0.15) is 42.6 Å². The first-order chi connectivity index (χ1) is 15.1. The highest BCUT2D eigenvalue weighted by Gasteiger charge is 2.16. The molecule has 2 aromatic rings. The number of nitrogens with one attached hydrogen (secondary N) is 2. The molecule has 164 valence electrons. The van der Waals surface area contributed by atoms with Gasteiger partial charge >= 0.3 is 0 Å². The lowest BCUT2D eigenvalue weighted by Gasteiger charge is -2.23. The highest BCUT2D eigenvalue weighted by atomic mass is 16.7. The largest absolute Gasteiger partial charge is 0.454 e. The predicted molar refractivity (Wildman–Crippen MR) is 120 cm³/mol. The van der Waals surface area contributed by atoms with Gasteiger partial charge in [0, 0.05) is 24.3 Å². The van der Waals surface area contributed by atoms with Gasteiger partial charge in [0.25, 0.3) is 11.8 Å². The van der Waals surface area contributed by atoms with Crippen LogP contribution in [0, 0.1) is 0 Å². The smallest absolute Gasteiger partial charge is 0.259 e. The average Bonchev–Trinajstić information content (AvgIpc) is 3.26. The Morgan fingerprint density at radius 2 is 1.74 bits per heavy atom. The van der Waals surface area contributed by atoms with Crippen molar-refractivity contribution < 1.29 is 19.1 Å². The second kappa shape index (κ2) is 11.0. The van der Waals surface area contributed by atoms with Gasteiger partial charge in [0.05, 0.1) is 12.8 Å². The molecule has 0 atom stereocenters. The van der Waals surface area contributed by atoms with Gasteiger partial charge in [-0.3, -0.25) is 9.59 Å². The summed E-state index contributed by atoms with van der Waals surface area (Å²) in [7, 11) is 0. The molecule has 1 aliphatic rings. The molecular formula is C23H28N4O4. The molecule has 0 aliphatic carbocycles. The van der Waals surface area contributed by atoms with Crippen LogP contribution >= 0.6 is 0 Å². The van der Waals surface area contributed by atoms with Crippen LogP contribution in [0.5, 0.6) is 11.5 Å². The third-order valence-corrected chi connectivity index (χ3v) is 4.69. The van der Waals surface area contributed by atoms with E-state index in [1.807, 2.05) is 12.1 Å². The molecule has 31 heavy (non-hydrogen) atoms. The molecule has 0 radical (unpaired) electrons. The van der Waals surface area contributed by atoms with Crippen LogP contribution in [0.15, 0.2) is 47.6 Å². The van der Waals surface area contributed by atoms with Crippen LogP contribution in [0.3, 0.4) is 0 Å². The van der Waals surface area contributed by atoms with Crippen molar-refractivity contribution in [1.82, 2.24) is 10.7 Å². The maximum absolute atomic E-state index is 12.2. The van der Waals surface area contributed by atoms with Crippen LogP contribution in [0.4, 0.5) is 5.69 Å². The molecule has 8 heteroatoms. The Labute approximate surface area is 182 Å². The summed E-state index contributed by atoms with van der Waals surface area (Å²) in [6.07, 6.45) is 3.77. The van der Waals surface area contributed by atoms with Gasteiger partial charge in [-0.25, -0.2) is 5.43 Å². The Hall–Kier alpha value is -3.55. The van der Waals surface area contributed by atoms with Gasteiger partial charge in [-0.05, 0) is 48.7 Å². The fraction of sp³-hybridized carbons (Fsp3) is 0.348. The van der Waals surface area contributed by atoms with Crippen molar-refractivity contribution in [2.45, 2.75) is 26.7 Å². The number of ether oxygens (including phenoxy) is 2. The third kappa shape index (κ3) is 6.21. The van der Waals surface area contributed by atoms with E-state index in [2.05, 4.69) is 46.7 Å². The molecule has 0 spiro atoms. The summed E-state index contributed by atoms with van der Waals surface area (Å²) < 4.78 is 10.5. The first-order valence-corrected chi connectivity index (χ1v) is 10.5. The van der Waals surface area contributed by atoms with Crippen molar-refractivity contribution in [2.24, 2.45) is 5.10 Å². The maximum atomic E-state index is 12.2. The third-order valence-electron chi connectivity index (χ3n) is 4.69. The van der Waals surface area contributed by atoms with E-state index >= 15 is 0 Å². The normalized spacial score (nSPS) is 12.1. The van der Waals surface area contributed by atoms with E-state index in [-0.39, 0.29) is 19.2 Å². The van der Waals surface area contributed by atoms with Crippen LogP contribution < -0.4 is 25.1 Å². The molecule has 2 N–H and O–H groups in total. The molecule has 8 nitrogen and oxygen atoms in total. The van der Waals surface area contributed by atoms with Gasteiger partial charge in [0.15, 0.2) is 11.5 Å². The van der Waals surface area contributed by atoms with Gasteiger partial charge in [-0.2, -0.15) is 5.10 Å². The van der Waals surface area contributed by atoms with Crippen LogP contribution in [-0.2, 0) is 4.79 Å². The lowest BCUT2D eigenvalue weighted by Crippen LogP contribution is -2.34. The lowest BCUT2D eigenvalue weighted by molar-refractivity contribution is -0.120. The number of fused-ring (bicyclic) bond motifs is 1. The number of rotatable bonds is 10. The lowest BCUT2D eigenvalue weighted by atomic mass is 10.2. The quantitative estimate of drug-likeness (QED) is 0.452. The SMILES string of the molecule is CCCN(CCC)c1ccc(/C=N\NC(=O)CNC(=O)c2ccc3c(c2)OCO3)cc1. The van der Waals surface area contributed by atoms with E-state index in [9.17, 15) is 9.59 Å². The zero-order valence-corrected chi connectivity index (χ0v) is 17.9. The zero-order valence-electron chi connectivity index (χ0n) is 17.9. The minimum absolute atomic E-state index is 0.138. The molecule has 3 rings (SSSR count). The number of hydrazone groups is 1. The van der Waals surface area contributed by atoms with Crippen molar-refractivity contribution in [2.75, 3.05) is 31.3 Å². The highest BCUT2D eigenvalue weighted by Crippen LogP contribution is 2.32. The van der Waals surface area contributed by atoms with Gasteiger partial charge in [-0.15, -0.1) is 0 Å². The van der Waals surface area contributed by atoms with Crippen LogP contribution in [0.2, 0.25) is 0 Å². The van der Waals surface area contributed by atoms with Crippen molar-refractivity contribution in [3.8, 4) is 11.5 Å². The number of nitrogens with zero attached hydrogens (tertiary/aromatic N) is 2. The van der Waals surface area contributed by atoms with E-state index in [1.165, 1.54) is 5.69 Å². The molecule has 2 aromatic carbocycles. The Morgan fingerprint density at radius 1 is 1.03 bits per heavy atom. The standard InChI is InChI=1S/C23H28N4O4/c1-3-11-27(12-4-2)19-8-5-17(6-9-19)14-25-26-22(28)15-24-23(29)18-7-10-20-21(13-18)31-16-30-20/h5-10,13-14H,3-4,11-12,15-16H2,1-2H3,(H,24,29)(H,26,28)/b25-14-. The number of benzene rings is 2. The second-order valence-corrected chi connectivity index (χ2v) is 7.12. The van der Waals surface area contributed by atoms with Crippen molar-refractivity contribution in [1.29, 1.82) is 0 Å². The fourth-order valence-corrected chi connectivity index (χ4v) is 3.20. The molecular weight excluding hydrogens is 396 g/mol. The van der Waals surface area contributed by atoms with E-state index in [0.29, 0.717) is 17.1 Å². The zero-order chi connectivity index (χ0) is 22.1. The molecule has 0 fully saturated rings. The minimum atomic E-state index is -0.418. The molecule has 1 aliphatic heterocycles. The highest BCUT2D eigenvalue weighted by molar-refractivity contribution is 5.97. The summed E-state index contributed by atoms with van der Waals surface area (Å²) in [6.45, 7) is 6.34. The molecule has 1 heterocycles. The van der Waals surface area contributed by atoms with E-state index < -0.39 is 5.91 Å². The van der Waals surface area contributed by atoms with Gasteiger partial charge in [-0.1, -0.05) is 26.0 Å². The van der Waals surface area contributed by atoms with Crippen molar-refractivity contribution in [3.63, 3.8) is 0 Å². The van der Waals surface area contributed by atoms with Gasteiger partial charge in [0.2, 0.25) is 6.79 Å². The first kappa shape index (κ1) is 22.1. The summed E-state index contributed by atoms with van der Waals surface area (Å²) in [5.74, 6) is 0.316. The van der Waals surface area contributed by atoms with E-state index in [4.69, 9.17) is 9.47 Å². The number of carbonyl (C=O) groups excluding carboxylic acids is 2. The number of anilines is 1. The Morgan fingerprint density at radius 3 is 2.45 bits per heavy atom. The minimum Gasteiger partial charge on any atom is -0.454 e. The van der Waals surface area contributed by atoms with E-state index in [0.717, 1.165) is 31.5 Å². The number of hydrogen-bond donors (Lipinski definition) is 2. The number of amides is 2. The molecule has 0 saturated heterocycles.